The number of halogens is 1. The molecule has 7 nitrogen and oxygen atoms in total. The highest BCUT2D eigenvalue weighted by Crippen LogP contribution is 2.16. The van der Waals surface area contributed by atoms with E-state index in [1.54, 1.807) is 0 Å². The van der Waals surface area contributed by atoms with Gasteiger partial charge in [0.2, 0.25) is 5.91 Å². The normalized spacial score (nSPS) is 22.1. The van der Waals surface area contributed by atoms with Crippen molar-refractivity contribution in [1.82, 2.24) is 20.9 Å². The smallest absolute Gasteiger partial charge is 0.324 e. The van der Waals surface area contributed by atoms with E-state index in [0.29, 0.717) is 19.1 Å². The summed E-state index contributed by atoms with van der Waals surface area (Å²) in [5.74, 6) is 2.91. The van der Waals surface area contributed by atoms with E-state index in [1.165, 1.54) is 17.1 Å². The van der Waals surface area contributed by atoms with Gasteiger partial charge in [0.05, 0.1) is 19.6 Å². The predicted molar refractivity (Wildman–Crippen MR) is 100.0 cm³/mol. The fraction of sp³-hybridized carbons (Fsp3) is 0.769. The van der Waals surface area contributed by atoms with Crippen molar-refractivity contribution in [1.29, 1.82) is 0 Å². The molecule has 2 fully saturated rings. The molecule has 1 unspecified atom stereocenters. The standard InChI is InChI=1S/C13H23N5O2S.HI/c1-2-14-12(17-10-4-3-7-21-9-10)15-5-6-18-11(19)8-16-13(18)20;/h10H,2-9H2,1H3,(H,16,20)(H2,14,15,17);1H. The number of rotatable bonds is 5. The van der Waals surface area contributed by atoms with Crippen molar-refractivity contribution < 1.29 is 9.59 Å². The Morgan fingerprint density at radius 3 is 2.91 bits per heavy atom. The van der Waals surface area contributed by atoms with Crippen LogP contribution in [0.3, 0.4) is 0 Å². The number of imide groups is 1. The fourth-order valence-corrected chi connectivity index (χ4v) is 3.38. The Morgan fingerprint density at radius 1 is 1.50 bits per heavy atom. The van der Waals surface area contributed by atoms with Gasteiger partial charge in [-0.25, -0.2) is 4.79 Å². The van der Waals surface area contributed by atoms with E-state index in [9.17, 15) is 9.59 Å². The largest absolute Gasteiger partial charge is 0.357 e. The van der Waals surface area contributed by atoms with Crippen LogP contribution < -0.4 is 16.0 Å². The van der Waals surface area contributed by atoms with E-state index < -0.39 is 0 Å². The molecule has 9 heteroatoms. The molecule has 2 rings (SSSR count). The maximum absolute atomic E-state index is 11.5. The second kappa shape index (κ2) is 10.1. The van der Waals surface area contributed by atoms with E-state index in [1.807, 2.05) is 18.7 Å². The molecular formula is C13H24IN5O2S. The summed E-state index contributed by atoms with van der Waals surface area (Å²) >= 11 is 1.96. The fourth-order valence-electron chi connectivity index (χ4n) is 2.31. The van der Waals surface area contributed by atoms with E-state index in [-0.39, 0.29) is 42.5 Å². The lowest BCUT2D eigenvalue weighted by atomic mass is 10.2. The summed E-state index contributed by atoms with van der Waals surface area (Å²) in [6.07, 6.45) is 2.38. The van der Waals surface area contributed by atoms with Crippen molar-refractivity contribution in [3.63, 3.8) is 0 Å². The first-order valence-electron chi connectivity index (χ1n) is 7.41. The van der Waals surface area contributed by atoms with Crippen molar-refractivity contribution in [2.45, 2.75) is 25.8 Å². The Morgan fingerprint density at radius 2 is 2.32 bits per heavy atom. The Kier molecular flexibility index (Phi) is 8.91. The minimum atomic E-state index is -0.322. The number of hydrogen-bond acceptors (Lipinski definition) is 4. The van der Waals surface area contributed by atoms with Gasteiger partial charge in [-0.15, -0.1) is 24.0 Å². The van der Waals surface area contributed by atoms with Gasteiger partial charge in [0.1, 0.15) is 0 Å². The molecule has 0 aromatic rings. The number of aliphatic imine (C=N–C) groups is 1. The van der Waals surface area contributed by atoms with Gasteiger partial charge in [0.15, 0.2) is 5.96 Å². The monoisotopic (exact) mass is 441 g/mol. The predicted octanol–water partition coefficient (Wildman–Crippen LogP) is 0.607. The minimum Gasteiger partial charge on any atom is -0.357 e. The van der Waals surface area contributed by atoms with Gasteiger partial charge in [-0.3, -0.25) is 14.7 Å². The topological polar surface area (TPSA) is 85.8 Å². The highest BCUT2D eigenvalue weighted by atomic mass is 127. The molecule has 2 aliphatic rings. The van der Waals surface area contributed by atoms with Crippen LogP contribution in [0.4, 0.5) is 4.79 Å². The van der Waals surface area contributed by atoms with Crippen LogP contribution in [0.2, 0.25) is 0 Å². The van der Waals surface area contributed by atoms with E-state index >= 15 is 0 Å². The highest BCUT2D eigenvalue weighted by Gasteiger charge is 2.27. The summed E-state index contributed by atoms with van der Waals surface area (Å²) in [5, 5.41) is 9.13. The number of hydrogen-bond donors (Lipinski definition) is 3. The Balaban J connectivity index is 0.00000242. The van der Waals surface area contributed by atoms with Crippen molar-refractivity contribution in [2.75, 3.05) is 37.7 Å². The molecule has 126 valence electrons. The van der Waals surface area contributed by atoms with Crippen LogP contribution in [0.25, 0.3) is 0 Å². The Bertz CT molecular complexity index is 399. The number of urea groups is 1. The van der Waals surface area contributed by atoms with Gasteiger partial charge in [-0.1, -0.05) is 0 Å². The molecule has 1 atom stereocenters. The van der Waals surface area contributed by atoms with E-state index in [4.69, 9.17) is 0 Å². The molecule has 2 heterocycles. The van der Waals surface area contributed by atoms with Crippen molar-refractivity contribution in [3.8, 4) is 0 Å². The first-order chi connectivity index (χ1) is 10.2. The SMILES string of the molecule is CCNC(=NCCN1C(=O)CNC1=O)NC1CCCSC1.I. The zero-order chi connectivity index (χ0) is 15.1. The minimum absolute atomic E-state index is 0. The molecule has 0 bridgehead atoms. The summed E-state index contributed by atoms with van der Waals surface area (Å²) in [7, 11) is 0. The van der Waals surface area contributed by atoms with Gasteiger partial charge in [0, 0.05) is 18.3 Å². The quantitative estimate of drug-likeness (QED) is 0.252. The van der Waals surface area contributed by atoms with E-state index in [0.717, 1.165) is 24.7 Å². The van der Waals surface area contributed by atoms with Crippen LogP contribution in [0.1, 0.15) is 19.8 Å². The molecule has 3 N–H and O–H groups in total. The second-order valence-corrected chi connectivity index (χ2v) is 6.17. The van der Waals surface area contributed by atoms with Crippen molar-refractivity contribution in [3.05, 3.63) is 0 Å². The first kappa shape index (κ1) is 19.3. The molecule has 0 radical (unpaired) electrons. The lowest BCUT2D eigenvalue weighted by Gasteiger charge is -2.24. The van der Waals surface area contributed by atoms with Crippen LogP contribution in [0.15, 0.2) is 4.99 Å². The van der Waals surface area contributed by atoms with Crippen molar-refractivity contribution >= 4 is 53.6 Å². The number of carbonyl (C=O) groups excluding carboxylic acids is 2. The molecule has 0 saturated carbocycles. The molecule has 22 heavy (non-hydrogen) atoms. The van der Waals surface area contributed by atoms with Crippen LogP contribution >= 0.6 is 35.7 Å². The van der Waals surface area contributed by atoms with Crippen LogP contribution in [0.5, 0.6) is 0 Å². The van der Waals surface area contributed by atoms with Gasteiger partial charge in [-0.2, -0.15) is 11.8 Å². The summed E-state index contributed by atoms with van der Waals surface area (Å²) in [6, 6.07) is 0.120. The Hall–Kier alpha value is -0.710. The summed E-state index contributed by atoms with van der Waals surface area (Å²) in [4.78, 5) is 28.5. The molecule has 3 amide bonds. The van der Waals surface area contributed by atoms with Gasteiger partial charge in [0.25, 0.3) is 0 Å². The molecule has 0 aromatic carbocycles. The number of nitrogens with one attached hydrogen (secondary N) is 3. The lowest BCUT2D eigenvalue weighted by Crippen LogP contribution is -2.46. The number of carbonyl (C=O) groups is 2. The van der Waals surface area contributed by atoms with Crippen LogP contribution in [-0.4, -0.2) is 66.5 Å². The van der Waals surface area contributed by atoms with Gasteiger partial charge >= 0.3 is 6.03 Å². The number of amides is 3. The zero-order valence-electron chi connectivity index (χ0n) is 12.8. The maximum Gasteiger partial charge on any atom is 0.324 e. The number of nitrogens with zero attached hydrogens (tertiary/aromatic N) is 2. The Labute approximate surface area is 152 Å². The van der Waals surface area contributed by atoms with Gasteiger partial charge in [-0.05, 0) is 25.5 Å². The summed E-state index contributed by atoms with van der Waals surface area (Å²) in [5.41, 5.74) is 0. The molecule has 0 aliphatic carbocycles. The average Bonchev–Trinajstić information content (AvgIpc) is 2.80. The highest BCUT2D eigenvalue weighted by molar-refractivity contribution is 14.0. The average molecular weight is 441 g/mol. The zero-order valence-corrected chi connectivity index (χ0v) is 15.9. The maximum atomic E-state index is 11.5. The van der Waals surface area contributed by atoms with Crippen molar-refractivity contribution in [2.24, 2.45) is 4.99 Å². The number of thioether (sulfide) groups is 1. The first-order valence-corrected chi connectivity index (χ1v) is 8.57. The third-order valence-electron chi connectivity index (χ3n) is 3.38. The molecule has 0 spiro atoms. The molecule has 2 saturated heterocycles. The second-order valence-electron chi connectivity index (χ2n) is 5.02. The lowest BCUT2D eigenvalue weighted by molar-refractivity contribution is -0.124. The van der Waals surface area contributed by atoms with Crippen LogP contribution in [-0.2, 0) is 4.79 Å². The third-order valence-corrected chi connectivity index (χ3v) is 4.59. The summed E-state index contributed by atoms with van der Waals surface area (Å²) in [6.45, 7) is 3.63. The third kappa shape index (κ3) is 5.82. The van der Waals surface area contributed by atoms with Gasteiger partial charge < -0.3 is 16.0 Å². The summed E-state index contributed by atoms with van der Waals surface area (Å²) < 4.78 is 0. The van der Waals surface area contributed by atoms with E-state index in [2.05, 4.69) is 20.9 Å². The molecular weight excluding hydrogens is 417 g/mol. The molecule has 0 aromatic heterocycles. The van der Waals surface area contributed by atoms with Crippen LogP contribution in [0, 0.1) is 0 Å². The number of guanidine groups is 1. The molecule has 2 aliphatic heterocycles.